The van der Waals surface area contributed by atoms with Gasteiger partial charge in [0.2, 0.25) is 0 Å². The molecule has 0 radical (unpaired) electrons. The first kappa shape index (κ1) is 12.4. The molecule has 5 heteroatoms. The highest BCUT2D eigenvalue weighted by atomic mass is 32.2. The highest BCUT2D eigenvalue weighted by molar-refractivity contribution is 7.98. The Morgan fingerprint density at radius 1 is 1.40 bits per heavy atom. The lowest BCUT2D eigenvalue weighted by Gasteiger charge is -2.10. The topological polar surface area (TPSA) is 49.7 Å². The third-order valence-electron chi connectivity index (χ3n) is 2.09. The summed E-state index contributed by atoms with van der Waals surface area (Å²) in [5.41, 5.74) is 1.47. The Morgan fingerprint density at radius 2 is 2.13 bits per heavy atom. The summed E-state index contributed by atoms with van der Waals surface area (Å²) in [6, 6.07) is 5.27. The molecule has 1 aromatic rings. The van der Waals surface area contributed by atoms with Gasteiger partial charge < -0.3 is 14.8 Å². The minimum atomic E-state index is -1.41. The molecule has 0 heterocycles. The highest BCUT2D eigenvalue weighted by Gasteiger charge is 2.16. The molecule has 0 aliphatic carbocycles. The summed E-state index contributed by atoms with van der Waals surface area (Å²) in [5.74, 6) is 2.50. The number of hydrogen-bond acceptors (Lipinski definition) is 4. The molecule has 0 unspecified atom stereocenters. The Hall–Kier alpha value is -0.645. The molecule has 0 aliphatic rings. The molecule has 0 amide bonds. The Balaban J connectivity index is 2.94. The van der Waals surface area contributed by atoms with Crippen LogP contribution in [0, 0.1) is 0 Å². The van der Waals surface area contributed by atoms with Gasteiger partial charge in [-0.05, 0) is 28.9 Å². The maximum Gasteiger partial charge on any atom is 0.488 e. The molecule has 0 saturated carbocycles. The van der Waals surface area contributed by atoms with Crippen LogP contribution in [0.2, 0.25) is 0 Å². The van der Waals surface area contributed by atoms with E-state index in [0.29, 0.717) is 5.46 Å². The average molecular weight is 226 g/mol. The molecular weight excluding hydrogens is 211 g/mol. The molecule has 15 heavy (non-hydrogen) atoms. The Bertz CT molecular complexity index is 318. The van der Waals surface area contributed by atoms with E-state index in [9.17, 15) is 10.0 Å². The molecule has 0 aliphatic heterocycles. The second kappa shape index (κ2) is 6.05. The van der Waals surface area contributed by atoms with Crippen LogP contribution in [0.4, 0.5) is 0 Å². The first-order valence-electron chi connectivity index (χ1n) is 4.79. The third kappa shape index (κ3) is 3.45. The van der Waals surface area contributed by atoms with Crippen molar-refractivity contribution in [1.29, 1.82) is 0 Å². The minimum absolute atomic E-state index is 0.553. The van der Waals surface area contributed by atoms with Crippen LogP contribution in [0.3, 0.4) is 0 Å². The van der Waals surface area contributed by atoms with Crippen molar-refractivity contribution in [3.05, 3.63) is 23.8 Å². The lowest BCUT2D eigenvalue weighted by Crippen LogP contribution is -2.32. The highest BCUT2D eigenvalue weighted by Crippen LogP contribution is 2.16. The van der Waals surface area contributed by atoms with E-state index in [4.69, 9.17) is 4.74 Å². The summed E-state index contributed by atoms with van der Waals surface area (Å²) in [7, 11) is 0.185. The van der Waals surface area contributed by atoms with Crippen LogP contribution in [0.1, 0.15) is 12.5 Å². The van der Waals surface area contributed by atoms with Crippen LogP contribution in [0.25, 0.3) is 0 Å². The van der Waals surface area contributed by atoms with Gasteiger partial charge in [-0.15, -0.1) is 0 Å². The summed E-state index contributed by atoms with van der Waals surface area (Å²) in [5, 5.41) is 18.3. The summed E-state index contributed by atoms with van der Waals surface area (Å²) >= 11 is 1.73. The number of rotatable bonds is 5. The van der Waals surface area contributed by atoms with Crippen molar-refractivity contribution in [3.63, 3.8) is 0 Å². The third-order valence-corrected chi connectivity index (χ3v) is 3.01. The van der Waals surface area contributed by atoms with E-state index < -0.39 is 7.12 Å². The predicted molar refractivity (Wildman–Crippen MR) is 64.7 cm³/mol. The summed E-state index contributed by atoms with van der Waals surface area (Å²) < 4.78 is 5.10. The minimum Gasteiger partial charge on any atom is -0.497 e. The summed E-state index contributed by atoms with van der Waals surface area (Å²) in [6.07, 6.45) is 0. The quantitative estimate of drug-likeness (QED) is 0.723. The van der Waals surface area contributed by atoms with Crippen LogP contribution < -0.4 is 10.2 Å². The van der Waals surface area contributed by atoms with E-state index in [1.54, 1.807) is 31.0 Å². The molecule has 1 rings (SSSR count). The molecule has 0 fully saturated rings. The monoisotopic (exact) mass is 226 g/mol. The van der Waals surface area contributed by atoms with Crippen LogP contribution in [0.15, 0.2) is 18.2 Å². The first-order valence-corrected chi connectivity index (χ1v) is 5.95. The SMILES string of the molecule is CCSCc1cc(OC)ccc1B(O)O. The molecule has 0 saturated heterocycles. The van der Waals surface area contributed by atoms with Crippen LogP contribution in [-0.4, -0.2) is 30.0 Å². The lowest BCUT2D eigenvalue weighted by atomic mass is 9.77. The first-order chi connectivity index (χ1) is 7.19. The molecule has 2 N–H and O–H groups in total. The van der Waals surface area contributed by atoms with Gasteiger partial charge >= 0.3 is 7.12 Å². The second-order valence-electron chi connectivity index (χ2n) is 3.08. The van der Waals surface area contributed by atoms with Gasteiger partial charge in [0, 0.05) is 5.75 Å². The summed E-state index contributed by atoms with van der Waals surface area (Å²) in [4.78, 5) is 0. The average Bonchev–Trinajstić information content (AvgIpc) is 2.25. The van der Waals surface area contributed by atoms with Crippen LogP contribution in [-0.2, 0) is 5.75 Å². The standard InChI is InChI=1S/C10H15BO3S/c1-3-15-7-8-6-9(14-2)4-5-10(8)11(12)13/h4-6,12-13H,3,7H2,1-2H3. The van der Waals surface area contributed by atoms with Gasteiger partial charge in [-0.3, -0.25) is 0 Å². The summed E-state index contributed by atoms with van der Waals surface area (Å²) in [6.45, 7) is 2.07. The number of ether oxygens (including phenoxy) is 1. The fourth-order valence-corrected chi connectivity index (χ4v) is 1.97. The van der Waals surface area contributed by atoms with Crippen molar-refractivity contribution in [2.75, 3.05) is 12.9 Å². The molecule has 1 aromatic carbocycles. The molecule has 0 spiro atoms. The molecule has 3 nitrogen and oxygen atoms in total. The molecule has 0 bridgehead atoms. The van der Waals surface area contributed by atoms with Crippen LogP contribution in [0.5, 0.6) is 5.75 Å². The number of hydrogen-bond donors (Lipinski definition) is 2. The number of thioether (sulfide) groups is 1. The maximum atomic E-state index is 9.17. The predicted octanol–water partition coefficient (Wildman–Crippen LogP) is 0.628. The van der Waals surface area contributed by atoms with Gasteiger partial charge in [-0.1, -0.05) is 13.0 Å². The van der Waals surface area contributed by atoms with Crippen molar-refractivity contribution in [1.82, 2.24) is 0 Å². The van der Waals surface area contributed by atoms with Gasteiger partial charge in [0.05, 0.1) is 7.11 Å². The van der Waals surface area contributed by atoms with E-state index in [1.807, 2.05) is 6.07 Å². The van der Waals surface area contributed by atoms with Gasteiger partial charge in [-0.2, -0.15) is 11.8 Å². The maximum absolute atomic E-state index is 9.17. The Morgan fingerprint density at radius 3 is 2.67 bits per heavy atom. The second-order valence-corrected chi connectivity index (χ2v) is 4.35. The van der Waals surface area contributed by atoms with E-state index in [-0.39, 0.29) is 0 Å². The fourth-order valence-electron chi connectivity index (χ4n) is 1.30. The van der Waals surface area contributed by atoms with E-state index >= 15 is 0 Å². The zero-order valence-electron chi connectivity index (χ0n) is 8.93. The Labute approximate surface area is 94.6 Å². The van der Waals surface area contributed by atoms with Crippen molar-refractivity contribution >= 4 is 24.3 Å². The van der Waals surface area contributed by atoms with Gasteiger partial charge in [0.25, 0.3) is 0 Å². The zero-order valence-corrected chi connectivity index (χ0v) is 9.75. The zero-order chi connectivity index (χ0) is 11.3. The number of methoxy groups -OCH3 is 1. The van der Waals surface area contributed by atoms with Gasteiger partial charge in [0.1, 0.15) is 5.75 Å². The fraction of sp³-hybridized carbons (Fsp3) is 0.400. The largest absolute Gasteiger partial charge is 0.497 e. The van der Waals surface area contributed by atoms with Gasteiger partial charge in [-0.25, -0.2) is 0 Å². The van der Waals surface area contributed by atoms with Crippen molar-refractivity contribution < 1.29 is 14.8 Å². The van der Waals surface area contributed by atoms with Crippen molar-refractivity contribution in [3.8, 4) is 5.75 Å². The molecule has 82 valence electrons. The van der Waals surface area contributed by atoms with Gasteiger partial charge in [0.15, 0.2) is 0 Å². The van der Waals surface area contributed by atoms with E-state index in [1.165, 1.54) is 0 Å². The van der Waals surface area contributed by atoms with E-state index in [0.717, 1.165) is 22.8 Å². The molecule has 0 aromatic heterocycles. The lowest BCUT2D eigenvalue weighted by molar-refractivity contribution is 0.413. The Kier molecular flexibility index (Phi) is 5.01. The molecular formula is C10H15BO3S. The van der Waals surface area contributed by atoms with Crippen molar-refractivity contribution in [2.45, 2.75) is 12.7 Å². The normalized spacial score (nSPS) is 10.1. The van der Waals surface area contributed by atoms with Crippen molar-refractivity contribution in [2.24, 2.45) is 0 Å². The smallest absolute Gasteiger partial charge is 0.488 e. The molecule has 0 atom stereocenters. The number of benzene rings is 1. The van der Waals surface area contributed by atoms with Crippen LogP contribution >= 0.6 is 11.8 Å². The van der Waals surface area contributed by atoms with E-state index in [2.05, 4.69) is 6.92 Å².